The molecule has 1 heterocycles. The van der Waals surface area contributed by atoms with E-state index in [1.807, 2.05) is 24.3 Å². The monoisotopic (exact) mass is 321 g/mol. The number of rotatable bonds is 4. The van der Waals surface area contributed by atoms with E-state index in [4.69, 9.17) is 0 Å². The van der Waals surface area contributed by atoms with Crippen LogP contribution in [-0.4, -0.2) is 28.2 Å². The first kappa shape index (κ1) is 15.4. The number of hydrogen-bond donors (Lipinski definition) is 3. The summed E-state index contributed by atoms with van der Waals surface area (Å²) in [6, 6.07) is 14.4. The molecule has 0 saturated carbocycles. The third-order valence-corrected chi connectivity index (χ3v) is 3.30. The zero-order valence-corrected chi connectivity index (χ0v) is 12.9. The van der Waals surface area contributed by atoms with Crippen molar-refractivity contribution in [2.75, 3.05) is 5.32 Å². The molecule has 0 radical (unpaired) electrons. The van der Waals surface area contributed by atoms with Crippen LogP contribution >= 0.6 is 0 Å². The van der Waals surface area contributed by atoms with Gasteiger partial charge in [0.2, 0.25) is 5.91 Å². The zero-order chi connectivity index (χ0) is 16.9. The van der Waals surface area contributed by atoms with Crippen LogP contribution in [0.2, 0.25) is 0 Å². The Morgan fingerprint density at radius 1 is 1.12 bits per heavy atom. The van der Waals surface area contributed by atoms with Gasteiger partial charge in [-0.05, 0) is 23.8 Å². The molecule has 1 aromatic heterocycles. The maximum Gasteiger partial charge on any atom is 0.292 e. The van der Waals surface area contributed by atoms with E-state index in [0.717, 1.165) is 16.5 Å². The van der Waals surface area contributed by atoms with Crippen molar-refractivity contribution in [3.05, 3.63) is 59.8 Å². The normalized spacial score (nSPS) is 10.9. The molecule has 0 fully saturated rings. The van der Waals surface area contributed by atoms with Gasteiger partial charge in [-0.3, -0.25) is 14.7 Å². The van der Waals surface area contributed by atoms with E-state index in [1.165, 1.54) is 13.1 Å². The quantitative estimate of drug-likeness (QED) is 0.508. The van der Waals surface area contributed by atoms with Gasteiger partial charge in [0.05, 0.1) is 11.7 Å². The number of H-pyrrole nitrogens is 1. The summed E-state index contributed by atoms with van der Waals surface area (Å²) in [6.45, 7) is 1.45. The molecule has 7 heteroatoms. The first-order valence-corrected chi connectivity index (χ1v) is 7.27. The van der Waals surface area contributed by atoms with Crippen molar-refractivity contribution < 1.29 is 9.59 Å². The second-order valence-electron chi connectivity index (χ2n) is 5.12. The molecule has 3 aromatic rings. The molecule has 7 nitrogen and oxygen atoms in total. The van der Waals surface area contributed by atoms with E-state index >= 15 is 0 Å². The number of aromatic amines is 1. The number of carbonyl (C=O) groups excluding carboxylic acids is 2. The minimum atomic E-state index is -0.390. The number of aromatic nitrogens is 2. The molecule has 3 rings (SSSR count). The molecule has 0 spiro atoms. The molecule has 0 unspecified atom stereocenters. The van der Waals surface area contributed by atoms with Crippen molar-refractivity contribution in [1.82, 2.24) is 15.6 Å². The first-order chi connectivity index (χ1) is 11.6. The van der Waals surface area contributed by atoms with E-state index in [9.17, 15) is 9.59 Å². The molecule has 0 bridgehead atoms. The number of amides is 2. The molecule has 3 N–H and O–H groups in total. The highest BCUT2D eigenvalue weighted by molar-refractivity contribution is 6.04. The van der Waals surface area contributed by atoms with Gasteiger partial charge in [-0.2, -0.15) is 10.2 Å². The first-order valence-electron chi connectivity index (χ1n) is 7.27. The van der Waals surface area contributed by atoms with Gasteiger partial charge in [-0.1, -0.05) is 30.3 Å². The van der Waals surface area contributed by atoms with Crippen LogP contribution in [0.25, 0.3) is 10.9 Å². The van der Waals surface area contributed by atoms with Crippen molar-refractivity contribution >= 4 is 34.6 Å². The molecule has 0 aliphatic heterocycles. The van der Waals surface area contributed by atoms with Gasteiger partial charge in [-0.15, -0.1) is 0 Å². The molecule has 0 atom stereocenters. The topological polar surface area (TPSA) is 99.2 Å². The Kier molecular flexibility index (Phi) is 4.33. The van der Waals surface area contributed by atoms with Crippen LogP contribution in [0.1, 0.15) is 23.0 Å². The Morgan fingerprint density at radius 3 is 2.62 bits per heavy atom. The van der Waals surface area contributed by atoms with E-state index in [-0.39, 0.29) is 5.91 Å². The Labute approximate surface area is 137 Å². The van der Waals surface area contributed by atoms with Gasteiger partial charge in [0.1, 0.15) is 0 Å². The minimum Gasteiger partial charge on any atom is -0.326 e. The van der Waals surface area contributed by atoms with Gasteiger partial charge in [0, 0.05) is 18.0 Å². The van der Waals surface area contributed by atoms with Crippen LogP contribution in [0.4, 0.5) is 5.69 Å². The molecule has 2 amide bonds. The number of para-hydroxylation sites is 1. The van der Waals surface area contributed by atoms with Crippen LogP contribution in [0.3, 0.4) is 0 Å². The van der Waals surface area contributed by atoms with Crippen molar-refractivity contribution in [2.45, 2.75) is 6.92 Å². The molecule has 0 saturated heterocycles. The zero-order valence-electron chi connectivity index (χ0n) is 12.9. The second-order valence-corrected chi connectivity index (χ2v) is 5.12. The lowest BCUT2D eigenvalue weighted by molar-refractivity contribution is -0.114. The highest BCUT2D eigenvalue weighted by Crippen LogP contribution is 2.14. The summed E-state index contributed by atoms with van der Waals surface area (Å²) in [5.74, 6) is -0.520. The molecular formula is C17H15N5O2. The van der Waals surface area contributed by atoms with Gasteiger partial charge in [0.25, 0.3) is 5.91 Å². The average molecular weight is 321 g/mol. The van der Waals surface area contributed by atoms with Crippen molar-refractivity contribution in [3.63, 3.8) is 0 Å². The third kappa shape index (κ3) is 3.46. The predicted octanol–water partition coefficient (Wildman–Crippen LogP) is 2.29. The smallest absolute Gasteiger partial charge is 0.292 e. The average Bonchev–Trinajstić information content (AvgIpc) is 3.00. The SMILES string of the molecule is CC(=O)Nc1ccc(/C=N/NC(=O)c2n[nH]c3ccccc23)cc1. The Morgan fingerprint density at radius 2 is 1.88 bits per heavy atom. The maximum atomic E-state index is 12.1. The Balaban J connectivity index is 1.65. The largest absolute Gasteiger partial charge is 0.326 e. The van der Waals surface area contributed by atoms with Crippen molar-refractivity contribution in [1.29, 1.82) is 0 Å². The summed E-state index contributed by atoms with van der Waals surface area (Å²) in [5, 5.41) is 14.2. The van der Waals surface area contributed by atoms with E-state index < -0.39 is 5.91 Å². The Bertz CT molecular complexity index is 912. The molecule has 0 aliphatic carbocycles. The van der Waals surface area contributed by atoms with Crippen LogP contribution in [-0.2, 0) is 4.79 Å². The third-order valence-electron chi connectivity index (χ3n) is 3.30. The fourth-order valence-corrected chi connectivity index (χ4v) is 2.21. The van der Waals surface area contributed by atoms with Gasteiger partial charge in [-0.25, -0.2) is 5.43 Å². The molecule has 120 valence electrons. The van der Waals surface area contributed by atoms with Gasteiger partial charge < -0.3 is 5.32 Å². The molecule has 0 aliphatic rings. The number of anilines is 1. The number of hydrazone groups is 1. The number of nitrogens with one attached hydrogen (secondary N) is 3. The Hall–Kier alpha value is -3.48. The number of benzene rings is 2. The lowest BCUT2D eigenvalue weighted by Gasteiger charge is -2.01. The summed E-state index contributed by atoms with van der Waals surface area (Å²) in [5.41, 5.74) is 5.03. The van der Waals surface area contributed by atoms with Crippen LogP contribution in [0, 0.1) is 0 Å². The number of hydrogen-bond acceptors (Lipinski definition) is 4. The van der Waals surface area contributed by atoms with Crippen molar-refractivity contribution in [2.24, 2.45) is 5.10 Å². The highest BCUT2D eigenvalue weighted by atomic mass is 16.2. The lowest BCUT2D eigenvalue weighted by atomic mass is 10.2. The van der Waals surface area contributed by atoms with Crippen LogP contribution in [0.15, 0.2) is 53.6 Å². The predicted molar refractivity (Wildman–Crippen MR) is 91.9 cm³/mol. The summed E-state index contributed by atoms with van der Waals surface area (Å²) in [7, 11) is 0. The van der Waals surface area contributed by atoms with E-state index in [1.54, 1.807) is 24.3 Å². The van der Waals surface area contributed by atoms with Crippen LogP contribution in [0.5, 0.6) is 0 Å². The number of carbonyl (C=O) groups is 2. The highest BCUT2D eigenvalue weighted by Gasteiger charge is 2.12. The van der Waals surface area contributed by atoms with Gasteiger partial charge in [0.15, 0.2) is 5.69 Å². The lowest BCUT2D eigenvalue weighted by Crippen LogP contribution is -2.18. The minimum absolute atomic E-state index is 0.130. The van der Waals surface area contributed by atoms with Crippen LogP contribution < -0.4 is 10.7 Å². The van der Waals surface area contributed by atoms with E-state index in [2.05, 4.69) is 26.0 Å². The molecule has 2 aromatic carbocycles. The summed E-state index contributed by atoms with van der Waals surface area (Å²) < 4.78 is 0. The molecule has 24 heavy (non-hydrogen) atoms. The molecular weight excluding hydrogens is 306 g/mol. The summed E-state index contributed by atoms with van der Waals surface area (Å²) >= 11 is 0. The van der Waals surface area contributed by atoms with Crippen molar-refractivity contribution in [3.8, 4) is 0 Å². The summed E-state index contributed by atoms with van der Waals surface area (Å²) in [6.07, 6.45) is 1.52. The fourth-order valence-electron chi connectivity index (χ4n) is 2.21. The van der Waals surface area contributed by atoms with Gasteiger partial charge >= 0.3 is 0 Å². The number of fused-ring (bicyclic) bond motifs is 1. The second kappa shape index (κ2) is 6.74. The summed E-state index contributed by atoms with van der Waals surface area (Å²) in [4.78, 5) is 23.1. The fraction of sp³-hybridized carbons (Fsp3) is 0.0588. The number of nitrogens with zero attached hydrogens (tertiary/aromatic N) is 2. The van der Waals surface area contributed by atoms with E-state index in [0.29, 0.717) is 11.4 Å². The standard InChI is InChI=1S/C17H15N5O2/c1-11(23)19-13-8-6-12(7-9-13)10-18-22-17(24)16-14-4-2-3-5-15(14)20-21-16/h2-10H,1H3,(H,19,23)(H,20,21)(H,22,24)/b18-10+. The maximum absolute atomic E-state index is 12.1.